The highest BCUT2D eigenvalue weighted by atomic mass is 16.4. The number of benzene rings is 2. The fourth-order valence-corrected chi connectivity index (χ4v) is 5.66. The Morgan fingerprint density at radius 3 is 2.63 bits per heavy atom. The van der Waals surface area contributed by atoms with Crippen LogP contribution in [0.4, 0.5) is 11.5 Å². The molecule has 0 unspecified atom stereocenters. The van der Waals surface area contributed by atoms with Gasteiger partial charge in [0.2, 0.25) is 5.91 Å². The first kappa shape index (κ1) is 25.5. The molecule has 5 rings (SSSR count). The van der Waals surface area contributed by atoms with Crippen LogP contribution in [-0.2, 0) is 4.79 Å². The van der Waals surface area contributed by atoms with Gasteiger partial charge in [0.05, 0.1) is 22.6 Å². The minimum absolute atomic E-state index is 0.199. The third-order valence-corrected chi connectivity index (χ3v) is 7.59. The van der Waals surface area contributed by atoms with E-state index in [9.17, 15) is 20.0 Å². The van der Waals surface area contributed by atoms with Gasteiger partial charge in [-0.05, 0) is 63.3 Å². The number of amides is 1. The molecule has 196 valence electrons. The van der Waals surface area contributed by atoms with Crippen molar-refractivity contribution in [3.8, 4) is 6.07 Å². The summed E-state index contributed by atoms with van der Waals surface area (Å²) in [5.41, 5.74) is 4.19. The lowest BCUT2D eigenvalue weighted by molar-refractivity contribution is -0.136. The topological polar surface area (TPSA) is 122 Å². The van der Waals surface area contributed by atoms with Crippen LogP contribution in [0.3, 0.4) is 0 Å². The van der Waals surface area contributed by atoms with E-state index in [0.29, 0.717) is 47.7 Å². The van der Waals surface area contributed by atoms with Crippen LogP contribution in [0.25, 0.3) is 11.0 Å². The number of aromatic carboxylic acids is 1. The highest BCUT2D eigenvalue weighted by molar-refractivity contribution is 5.94. The van der Waals surface area contributed by atoms with Crippen LogP contribution in [-0.4, -0.2) is 57.5 Å². The summed E-state index contributed by atoms with van der Waals surface area (Å²) in [5.74, 6) is -0.180. The first-order chi connectivity index (χ1) is 18.4. The normalized spacial score (nSPS) is 17.3. The summed E-state index contributed by atoms with van der Waals surface area (Å²) in [6.45, 7) is 6.17. The molecule has 2 saturated heterocycles. The Balaban J connectivity index is 1.45. The van der Waals surface area contributed by atoms with Crippen molar-refractivity contribution in [3.05, 3.63) is 58.8 Å². The molecule has 38 heavy (non-hydrogen) atoms. The zero-order valence-electron chi connectivity index (χ0n) is 21.8. The van der Waals surface area contributed by atoms with Gasteiger partial charge in [-0.1, -0.05) is 18.2 Å². The fourth-order valence-electron chi connectivity index (χ4n) is 5.66. The maximum atomic E-state index is 12.4. The van der Waals surface area contributed by atoms with Crippen molar-refractivity contribution in [2.75, 3.05) is 29.9 Å². The Labute approximate surface area is 222 Å². The van der Waals surface area contributed by atoms with Gasteiger partial charge < -0.3 is 20.2 Å². The Bertz CT molecular complexity index is 1420. The number of para-hydroxylation sites is 1. The first-order valence-corrected chi connectivity index (χ1v) is 13.2. The van der Waals surface area contributed by atoms with E-state index in [1.54, 1.807) is 24.3 Å². The predicted molar refractivity (Wildman–Crippen MR) is 145 cm³/mol. The zero-order valence-corrected chi connectivity index (χ0v) is 21.8. The summed E-state index contributed by atoms with van der Waals surface area (Å²) in [5, 5.41) is 22.9. The van der Waals surface area contributed by atoms with Crippen LogP contribution < -0.4 is 10.2 Å². The third-order valence-electron chi connectivity index (χ3n) is 7.59. The minimum atomic E-state index is -0.996. The molecule has 2 aliphatic rings. The van der Waals surface area contributed by atoms with Crippen molar-refractivity contribution in [1.29, 1.82) is 5.26 Å². The quantitative estimate of drug-likeness (QED) is 0.489. The standard InChI is InChI=1S/C29H32N6O3/c1-18-15-22(19(2)31-23-8-4-3-7-21(23)29(37)38)27-24(16-18)32-25(17-30)28(33-27)34-13-10-20(11-14-34)35-12-6-5-9-26(35)36/h3-4,7-8,15-16,19-20,31H,5-6,9-14H2,1-2H3,(H,37,38)/t19-/m1/s1. The molecule has 3 heterocycles. The monoisotopic (exact) mass is 512 g/mol. The van der Waals surface area contributed by atoms with Gasteiger partial charge in [-0.25, -0.2) is 14.8 Å². The van der Waals surface area contributed by atoms with Crippen molar-refractivity contribution in [1.82, 2.24) is 14.9 Å². The Morgan fingerprint density at radius 1 is 1.16 bits per heavy atom. The molecule has 3 aromatic rings. The van der Waals surface area contributed by atoms with Crippen molar-refractivity contribution in [3.63, 3.8) is 0 Å². The molecule has 9 nitrogen and oxygen atoms in total. The van der Waals surface area contributed by atoms with Gasteiger partial charge in [0.15, 0.2) is 11.5 Å². The van der Waals surface area contributed by atoms with Gasteiger partial charge in [-0.15, -0.1) is 0 Å². The molecule has 1 atom stereocenters. The van der Waals surface area contributed by atoms with Gasteiger partial charge in [0.25, 0.3) is 0 Å². The van der Waals surface area contributed by atoms with Crippen molar-refractivity contribution in [2.45, 2.75) is 58.0 Å². The number of carbonyl (C=O) groups excluding carboxylic acids is 1. The number of nitrogens with one attached hydrogen (secondary N) is 1. The number of carbonyl (C=O) groups is 2. The number of aryl methyl sites for hydroxylation is 1. The van der Waals surface area contributed by atoms with E-state index in [2.05, 4.69) is 16.3 Å². The second-order valence-corrected chi connectivity index (χ2v) is 10.2. The largest absolute Gasteiger partial charge is 0.478 e. The van der Waals surface area contributed by atoms with E-state index in [1.165, 1.54) is 0 Å². The van der Waals surface area contributed by atoms with Crippen molar-refractivity contribution < 1.29 is 14.7 Å². The molecule has 1 amide bonds. The van der Waals surface area contributed by atoms with Gasteiger partial charge in [0.1, 0.15) is 6.07 Å². The number of likely N-dealkylation sites (tertiary alicyclic amines) is 1. The molecule has 1 aromatic heterocycles. The Hall–Kier alpha value is -4.19. The van der Waals surface area contributed by atoms with Gasteiger partial charge >= 0.3 is 5.97 Å². The number of aromatic nitrogens is 2. The highest BCUT2D eigenvalue weighted by Gasteiger charge is 2.31. The van der Waals surface area contributed by atoms with Crippen LogP contribution in [0.1, 0.15) is 72.2 Å². The molecule has 0 saturated carbocycles. The van der Waals surface area contributed by atoms with Crippen LogP contribution in [0, 0.1) is 18.3 Å². The van der Waals surface area contributed by atoms with Gasteiger partial charge in [-0.2, -0.15) is 5.26 Å². The van der Waals surface area contributed by atoms with E-state index in [-0.39, 0.29) is 23.6 Å². The molecular formula is C29H32N6O3. The van der Waals surface area contributed by atoms with Crippen LogP contribution >= 0.6 is 0 Å². The number of piperidine rings is 2. The summed E-state index contributed by atoms with van der Waals surface area (Å²) in [4.78, 5) is 38.0. The average Bonchev–Trinajstić information content (AvgIpc) is 2.92. The number of rotatable bonds is 6. The summed E-state index contributed by atoms with van der Waals surface area (Å²) in [6, 6.07) is 13.0. The van der Waals surface area contributed by atoms with E-state index in [4.69, 9.17) is 9.97 Å². The summed E-state index contributed by atoms with van der Waals surface area (Å²) in [7, 11) is 0. The van der Waals surface area contributed by atoms with E-state index in [1.807, 2.05) is 30.9 Å². The smallest absolute Gasteiger partial charge is 0.337 e. The van der Waals surface area contributed by atoms with Crippen LogP contribution in [0.5, 0.6) is 0 Å². The summed E-state index contributed by atoms with van der Waals surface area (Å²) >= 11 is 0. The lowest BCUT2D eigenvalue weighted by Gasteiger charge is -2.40. The number of hydrogen-bond donors (Lipinski definition) is 2. The summed E-state index contributed by atoms with van der Waals surface area (Å²) in [6.07, 6.45) is 4.34. The molecule has 9 heteroatoms. The minimum Gasteiger partial charge on any atom is -0.478 e. The van der Waals surface area contributed by atoms with E-state index in [0.717, 1.165) is 43.4 Å². The number of anilines is 2. The molecular weight excluding hydrogens is 480 g/mol. The second kappa shape index (κ2) is 10.7. The lowest BCUT2D eigenvalue weighted by atomic mass is 9.99. The Kier molecular flexibility index (Phi) is 7.14. The maximum Gasteiger partial charge on any atom is 0.337 e. The number of carboxylic acids is 1. The second-order valence-electron chi connectivity index (χ2n) is 10.2. The van der Waals surface area contributed by atoms with Gasteiger partial charge in [-0.3, -0.25) is 4.79 Å². The third kappa shape index (κ3) is 4.99. The number of nitriles is 1. The molecule has 0 spiro atoms. The average molecular weight is 513 g/mol. The number of fused-ring (bicyclic) bond motifs is 1. The number of hydrogen-bond acceptors (Lipinski definition) is 7. The number of carboxylic acid groups (broad SMARTS) is 1. The maximum absolute atomic E-state index is 12.4. The SMILES string of the molecule is Cc1cc([C@@H](C)Nc2ccccc2C(=O)O)c2nc(N3CCC(N4CCCCC4=O)CC3)c(C#N)nc2c1. The molecule has 2 aliphatic heterocycles. The Morgan fingerprint density at radius 2 is 1.92 bits per heavy atom. The highest BCUT2D eigenvalue weighted by Crippen LogP contribution is 2.32. The molecule has 2 fully saturated rings. The van der Waals surface area contributed by atoms with Crippen molar-refractivity contribution >= 4 is 34.4 Å². The molecule has 0 bridgehead atoms. The number of nitrogens with zero attached hydrogens (tertiary/aromatic N) is 5. The molecule has 0 aliphatic carbocycles. The molecule has 2 N–H and O–H groups in total. The molecule has 0 radical (unpaired) electrons. The first-order valence-electron chi connectivity index (χ1n) is 13.2. The fraction of sp³-hybridized carbons (Fsp3) is 0.414. The summed E-state index contributed by atoms with van der Waals surface area (Å²) < 4.78 is 0. The lowest BCUT2D eigenvalue weighted by Crippen LogP contribution is -2.49. The van der Waals surface area contributed by atoms with E-state index < -0.39 is 5.97 Å². The van der Waals surface area contributed by atoms with E-state index >= 15 is 0 Å². The van der Waals surface area contributed by atoms with Gasteiger partial charge in [0, 0.05) is 43.3 Å². The molecule has 2 aromatic carbocycles. The zero-order chi connectivity index (χ0) is 26.8. The predicted octanol–water partition coefficient (Wildman–Crippen LogP) is 4.66. The van der Waals surface area contributed by atoms with Crippen LogP contribution in [0.15, 0.2) is 36.4 Å². The van der Waals surface area contributed by atoms with Crippen LogP contribution in [0.2, 0.25) is 0 Å². The van der Waals surface area contributed by atoms with Crippen molar-refractivity contribution in [2.24, 2.45) is 0 Å².